The fraction of sp³-hybridized carbons (Fsp3) is 0.333. The van der Waals surface area contributed by atoms with Gasteiger partial charge in [-0.05, 0) is 25.7 Å². The minimum atomic E-state index is -2.40. The standard InChI is InChI=1S/C18H14F7N5/c19-8-6-7(9(20)13(24)12(8)23)11(22)15(14(25)10(6)21)30-17(27)28-16(26)29-18(30)4-2-1-3-5-18/h1-5H2,(H4,26,27,28,29). The van der Waals surface area contributed by atoms with Crippen LogP contribution in [0.15, 0.2) is 9.98 Å². The molecule has 12 heteroatoms. The maximum absolute atomic E-state index is 15.3. The van der Waals surface area contributed by atoms with Crippen molar-refractivity contribution in [2.75, 3.05) is 4.90 Å². The van der Waals surface area contributed by atoms with Gasteiger partial charge in [0.25, 0.3) is 0 Å². The Morgan fingerprint density at radius 3 is 1.73 bits per heavy atom. The number of anilines is 1. The summed E-state index contributed by atoms with van der Waals surface area (Å²) in [4.78, 5) is 8.50. The summed E-state index contributed by atoms with van der Waals surface area (Å²) in [6, 6.07) is 0. The Bertz CT molecular complexity index is 1140. The highest BCUT2D eigenvalue weighted by atomic mass is 19.2. The molecule has 1 heterocycles. The van der Waals surface area contributed by atoms with Crippen molar-refractivity contribution in [3.8, 4) is 0 Å². The third-order valence-corrected chi connectivity index (χ3v) is 5.39. The van der Waals surface area contributed by atoms with E-state index < -0.39 is 68.8 Å². The lowest BCUT2D eigenvalue weighted by Crippen LogP contribution is -2.59. The first-order valence-corrected chi connectivity index (χ1v) is 8.92. The van der Waals surface area contributed by atoms with Crippen LogP contribution in [0.1, 0.15) is 32.1 Å². The van der Waals surface area contributed by atoms with Gasteiger partial charge in [0.05, 0.1) is 10.8 Å². The Morgan fingerprint density at radius 1 is 0.667 bits per heavy atom. The summed E-state index contributed by atoms with van der Waals surface area (Å²) >= 11 is 0. The molecule has 1 spiro atoms. The zero-order valence-corrected chi connectivity index (χ0v) is 15.2. The molecule has 30 heavy (non-hydrogen) atoms. The van der Waals surface area contributed by atoms with Crippen molar-refractivity contribution >= 4 is 28.4 Å². The molecule has 160 valence electrons. The Hall–Kier alpha value is -3.05. The van der Waals surface area contributed by atoms with Crippen molar-refractivity contribution in [1.82, 2.24) is 0 Å². The van der Waals surface area contributed by atoms with E-state index in [9.17, 15) is 26.3 Å². The summed E-state index contributed by atoms with van der Waals surface area (Å²) in [5.74, 6) is -16.1. The van der Waals surface area contributed by atoms with Crippen molar-refractivity contribution in [1.29, 1.82) is 0 Å². The summed E-state index contributed by atoms with van der Waals surface area (Å²) in [7, 11) is 0. The molecule has 0 aromatic heterocycles. The Kier molecular flexibility index (Phi) is 4.55. The molecule has 0 radical (unpaired) electrons. The lowest BCUT2D eigenvalue weighted by atomic mass is 9.87. The molecule has 0 amide bonds. The number of aliphatic imine (C=N–C) groups is 2. The van der Waals surface area contributed by atoms with Crippen LogP contribution in [0, 0.1) is 40.7 Å². The average molecular weight is 433 g/mol. The van der Waals surface area contributed by atoms with E-state index in [0.29, 0.717) is 17.7 Å². The van der Waals surface area contributed by atoms with E-state index in [0.717, 1.165) is 6.42 Å². The fourth-order valence-corrected chi connectivity index (χ4v) is 4.11. The van der Waals surface area contributed by atoms with Crippen molar-refractivity contribution in [3.63, 3.8) is 0 Å². The second-order valence-electron chi connectivity index (χ2n) is 7.12. The number of rotatable bonds is 1. The van der Waals surface area contributed by atoms with Crippen LogP contribution in [-0.2, 0) is 0 Å². The predicted octanol–water partition coefficient (Wildman–Crippen LogP) is 3.92. The predicted molar refractivity (Wildman–Crippen MR) is 95.2 cm³/mol. The minimum absolute atomic E-state index is 0.192. The molecule has 1 saturated carbocycles. The molecule has 4 N–H and O–H groups in total. The average Bonchev–Trinajstić information content (AvgIpc) is 2.70. The summed E-state index contributed by atoms with van der Waals surface area (Å²) in [6.45, 7) is 0. The molecule has 5 nitrogen and oxygen atoms in total. The number of fused-ring (bicyclic) bond motifs is 1. The first-order chi connectivity index (χ1) is 14.1. The topological polar surface area (TPSA) is 80.0 Å². The largest absolute Gasteiger partial charge is 0.369 e. The Labute approximate surface area is 164 Å². The van der Waals surface area contributed by atoms with Gasteiger partial charge in [-0.25, -0.2) is 35.7 Å². The van der Waals surface area contributed by atoms with Crippen molar-refractivity contribution in [2.24, 2.45) is 21.5 Å². The van der Waals surface area contributed by atoms with Gasteiger partial charge < -0.3 is 11.5 Å². The highest BCUT2D eigenvalue weighted by Crippen LogP contribution is 2.44. The number of hydrogen-bond acceptors (Lipinski definition) is 5. The molecule has 0 atom stereocenters. The first-order valence-electron chi connectivity index (χ1n) is 8.92. The molecule has 2 aliphatic rings. The van der Waals surface area contributed by atoms with Gasteiger partial charge >= 0.3 is 0 Å². The van der Waals surface area contributed by atoms with Crippen LogP contribution in [0.2, 0.25) is 0 Å². The quantitative estimate of drug-likeness (QED) is 0.407. The molecule has 4 rings (SSSR count). The van der Waals surface area contributed by atoms with Crippen LogP contribution in [0.4, 0.5) is 36.4 Å². The van der Waals surface area contributed by atoms with Gasteiger partial charge in [0.2, 0.25) is 11.9 Å². The van der Waals surface area contributed by atoms with Crippen LogP contribution in [0.3, 0.4) is 0 Å². The van der Waals surface area contributed by atoms with Crippen LogP contribution >= 0.6 is 0 Å². The highest BCUT2D eigenvalue weighted by molar-refractivity contribution is 6.07. The summed E-state index contributed by atoms with van der Waals surface area (Å²) in [6.07, 6.45) is 2.24. The van der Waals surface area contributed by atoms with Gasteiger partial charge in [0.1, 0.15) is 11.4 Å². The molecule has 1 aliphatic carbocycles. The Morgan fingerprint density at radius 2 is 1.17 bits per heavy atom. The minimum Gasteiger partial charge on any atom is -0.369 e. The lowest BCUT2D eigenvalue weighted by Gasteiger charge is -2.45. The summed E-state index contributed by atoms with van der Waals surface area (Å²) in [5, 5.41) is -3.29. The SMILES string of the molecule is NC1=NC2(CCCCC2)N(c2c(F)c(F)c3c(F)c(F)c(F)c(F)c3c2F)C(N)=N1. The monoisotopic (exact) mass is 433 g/mol. The van der Waals surface area contributed by atoms with Crippen molar-refractivity contribution in [3.05, 3.63) is 40.7 Å². The van der Waals surface area contributed by atoms with Gasteiger partial charge in [0, 0.05) is 0 Å². The molecule has 1 fully saturated rings. The fourth-order valence-electron chi connectivity index (χ4n) is 4.11. The molecule has 2 aromatic rings. The number of benzene rings is 2. The van der Waals surface area contributed by atoms with Crippen LogP contribution in [0.5, 0.6) is 0 Å². The maximum atomic E-state index is 15.3. The van der Waals surface area contributed by atoms with E-state index in [2.05, 4.69) is 9.98 Å². The van der Waals surface area contributed by atoms with Gasteiger partial charge in [-0.1, -0.05) is 6.42 Å². The van der Waals surface area contributed by atoms with Crippen molar-refractivity contribution in [2.45, 2.75) is 37.8 Å². The van der Waals surface area contributed by atoms with E-state index in [1.807, 2.05) is 0 Å². The van der Waals surface area contributed by atoms with E-state index in [-0.39, 0.29) is 18.8 Å². The van der Waals surface area contributed by atoms with Crippen LogP contribution in [-0.4, -0.2) is 17.6 Å². The third-order valence-electron chi connectivity index (χ3n) is 5.39. The molecule has 2 aromatic carbocycles. The molecule has 1 aliphatic heterocycles. The smallest absolute Gasteiger partial charge is 0.220 e. The lowest BCUT2D eigenvalue weighted by molar-refractivity contribution is 0.301. The zero-order valence-electron chi connectivity index (χ0n) is 15.2. The van der Waals surface area contributed by atoms with E-state index in [1.54, 1.807) is 0 Å². The molecule has 0 unspecified atom stereocenters. The molecule has 0 bridgehead atoms. The molecular formula is C18H14F7N5. The maximum Gasteiger partial charge on any atom is 0.220 e. The number of nitrogens with two attached hydrogens (primary N) is 2. The summed E-state index contributed by atoms with van der Waals surface area (Å²) in [5.41, 5.74) is 8.76. The summed E-state index contributed by atoms with van der Waals surface area (Å²) < 4.78 is 101. The number of nitrogens with zero attached hydrogens (tertiary/aromatic N) is 3. The van der Waals surface area contributed by atoms with Crippen LogP contribution in [0.25, 0.3) is 10.8 Å². The van der Waals surface area contributed by atoms with E-state index >= 15 is 4.39 Å². The second-order valence-corrected chi connectivity index (χ2v) is 7.12. The van der Waals surface area contributed by atoms with E-state index in [1.165, 1.54) is 0 Å². The van der Waals surface area contributed by atoms with Gasteiger partial charge in [-0.15, -0.1) is 0 Å². The number of halogens is 7. The third kappa shape index (κ3) is 2.62. The van der Waals surface area contributed by atoms with E-state index in [4.69, 9.17) is 11.5 Å². The Balaban J connectivity index is 2.10. The molecule has 0 saturated heterocycles. The first kappa shape index (κ1) is 20.2. The molecular weight excluding hydrogens is 419 g/mol. The van der Waals surface area contributed by atoms with Gasteiger partial charge in [-0.2, -0.15) is 4.99 Å². The number of guanidine groups is 2. The highest BCUT2D eigenvalue weighted by Gasteiger charge is 2.46. The normalized spacial score (nSPS) is 18.7. The van der Waals surface area contributed by atoms with Crippen molar-refractivity contribution < 1.29 is 30.7 Å². The zero-order chi connectivity index (χ0) is 22.0. The van der Waals surface area contributed by atoms with Gasteiger partial charge in [0.15, 0.2) is 40.7 Å². The number of hydrogen-bond donors (Lipinski definition) is 2. The van der Waals surface area contributed by atoms with Gasteiger partial charge in [-0.3, -0.25) is 4.90 Å². The second kappa shape index (κ2) is 6.74. The van der Waals surface area contributed by atoms with Crippen LogP contribution < -0.4 is 16.4 Å².